The van der Waals surface area contributed by atoms with Crippen LogP contribution in [-0.4, -0.2) is 26.0 Å². The summed E-state index contributed by atoms with van der Waals surface area (Å²) in [5, 5.41) is 3.21. The van der Waals surface area contributed by atoms with Gasteiger partial charge in [-0.05, 0) is 66.9 Å². The summed E-state index contributed by atoms with van der Waals surface area (Å²) in [4.78, 5) is 28.2. The van der Waals surface area contributed by atoms with Gasteiger partial charge in [-0.25, -0.2) is 4.90 Å². The first-order valence-electron chi connectivity index (χ1n) is 10.2. The van der Waals surface area contributed by atoms with Gasteiger partial charge in [-0.15, -0.1) is 0 Å². The largest absolute Gasteiger partial charge is 0.497 e. The van der Waals surface area contributed by atoms with Gasteiger partial charge in [-0.2, -0.15) is 0 Å². The summed E-state index contributed by atoms with van der Waals surface area (Å²) < 4.78 is 10.5. The van der Waals surface area contributed by atoms with Crippen LogP contribution in [-0.2, 0) is 9.59 Å². The van der Waals surface area contributed by atoms with Crippen molar-refractivity contribution in [3.63, 3.8) is 0 Å². The van der Waals surface area contributed by atoms with Crippen molar-refractivity contribution < 1.29 is 19.1 Å². The van der Waals surface area contributed by atoms with Gasteiger partial charge < -0.3 is 14.8 Å². The lowest BCUT2D eigenvalue weighted by Crippen LogP contribution is -2.32. The van der Waals surface area contributed by atoms with Crippen LogP contribution in [0.5, 0.6) is 11.5 Å². The Bertz CT molecular complexity index is 1210. The van der Waals surface area contributed by atoms with E-state index in [1.165, 1.54) is 4.90 Å². The van der Waals surface area contributed by atoms with Gasteiger partial charge in [-0.3, -0.25) is 9.59 Å². The summed E-state index contributed by atoms with van der Waals surface area (Å²) in [6.45, 7) is 3.97. The van der Waals surface area contributed by atoms with E-state index in [9.17, 15) is 9.59 Å². The summed E-state index contributed by atoms with van der Waals surface area (Å²) >= 11 is 0. The fraction of sp³-hybridized carbons (Fsp3) is 0.154. The number of carbonyl (C=O) groups excluding carboxylic acids is 2. The molecule has 1 heterocycles. The van der Waals surface area contributed by atoms with E-state index in [0.717, 1.165) is 16.8 Å². The zero-order chi connectivity index (χ0) is 22.8. The SMILES string of the molecule is COc1ccc(C2=C(Nc3cc(C)cc(C)c3)C(=O)N(c3cccc(OC)c3)C2=O)cc1. The van der Waals surface area contributed by atoms with Crippen molar-refractivity contribution in [2.75, 3.05) is 24.4 Å². The smallest absolute Gasteiger partial charge is 0.282 e. The molecule has 1 N–H and O–H groups in total. The van der Waals surface area contributed by atoms with Gasteiger partial charge in [0.15, 0.2) is 0 Å². The van der Waals surface area contributed by atoms with Crippen LogP contribution in [0.25, 0.3) is 5.57 Å². The van der Waals surface area contributed by atoms with Crippen molar-refractivity contribution in [2.24, 2.45) is 0 Å². The molecule has 0 saturated heterocycles. The van der Waals surface area contributed by atoms with Crippen LogP contribution in [0.15, 0.2) is 72.4 Å². The van der Waals surface area contributed by atoms with E-state index in [0.29, 0.717) is 28.3 Å². The van der Waals surface area contributed by atoms with E-state index in [4.69, 9.17) is 9.47 Å². The predicted octanol–water partition coefficient (Wildman–Crippen LogP) is 4.72. The molecule has 162 valence electrons. The molecule has 1 aliphatic heterocycles. The highest BCUT2D eigenvalue weighted by Crippen LogP contribution is 2.35. The number of aryl methyl sites for hydroxylation is 2. The lowest BCUT2D eigenvalue weighted by atomic mass is 10.0. The maximum Gasteiger partial charge on any atom is 0.282 e. The molecule has 2 amide bonds. The van der Waals surface area contributed by atoms with Crippen molar-refractivity contribution in [2.45, 2.75) is 13.8 Å². The fourth-order valence-corrected chi connectivity index (χ4v) is 3.85. The van der Waals surface area contributed by atoms with Crippen molar-refractivity contribution in [1.29, 1.82) is 0 Å². The second kappa shape index (κ2) is 8.59. The average molecular weight is 428 g/mol. The monoisotopic (exact) mass is 428 g/mol. The molecular weight excluding hydrogens is 404 g/mol. The lowest BCUT2D eigenvalue weighted by molar-refractivity contribution is -0.120. The molecule has 0 fully saturated rings. The highest BCUT2D eigenvalue weighted by atomic mass is 16.5. The minimum atomic E-state index is -0.423. The highest BCUT2D eigenvalue weighted by Gasteiger charge is 2.40. The number of methoxy groups -OCH3 is 2. The molecule has 3 aromatic rings. The number of anilines is 2. The number of imide groups is 1. The number of nitrogens with zero attached hydrogens (tertiary/aromatic N) is 1. The summed E-state index contributed by atoms with van der Waals surface area (Å²) in [6, 6.07) is 19.9. The topological polar surface area (TPSA) is 67.9 Å². The van der Waals surface area contributed by atoms with E-state index < -0.39 is 11.8 Å². The van der Waals surface area contributed by atoms with Crippen LogP contribution in [0, 0.1) is 13.8 Å². The molecule has 6 heteroatoms. The summed E-state index contributed by atoms with van der Waals surface area (Å²) in [7, 11) is 3.12. The Labute approximate surface area is 187 Å². The Balaban J connectivity index is 1.82. The van der Waals surface area contributed by atoms with E-state index >= 15 is 0 Å². The van der Waals surface area contributed by atoms with Gasteiger partial charge in [0.05, 0.1) is 25.5 Å². The fourth-order valence-electron chi connectivity index (χ4n) is 3.85. The molecule has 1 aliphatic rings. The normalized spacial score (nSPS) is 13.6. The number of ether oxygens (including phenoxy) is 2. The molecule has 32 heavy (non-hydrogen) atoms. The van der Waals surface area contributed by atoms with Crippen LogP contribution in [0.4, 0.5) is 11.4 Å². The minimum Gasteiger partial charge on any atom is -0.497 e. The van der Waals surface area contributed by atoms with Crippen LogP contribution in [0.2, 0.25) is 0 Å². The first kappa shape index (κ1) is 21.2. The molecule has 0 unspecified atom stereocenters. The highest BCUT2D eigenvalue weighted by molar-refractivity contribution is 6.46. The maximum absolute atomic E-state index is 13.5. The molecule has 0 spiro atoms. The Kier molecular flexibility index (Phi) is 5.69. The summed E-state index contributed by atoms with van der Waals surface area (Å²) in [5.41, 5.74) is 4.47. The van der Waals surface area contributed by atoms with E-state index in [-0.39, 0.29) is 5.70 Å². The van der Waals surface area contributed by atoms with Gasteiger partial charge in [0.2, 0.25) is 0 Å². The minimum absolute atomic E-state index is 0.230. The Morgan fingerprint density at radius 1 is 0.750 bits per heavy atom. The lowest BCUT2D eigenvalue weighted by Gasteiger charge is -2.16. The first-order valence-corrected chi connectivity index (χ1v) is 10.2. The van der Waals surface area contributed by atoms with E-state index in [2.05, 4.69) is 5.32 Å². The second-order valence-corrected chi connectivity index (χ2v) is 7.63. The van der Waals surface area contributed by atoms with E-state index in [1.807, 2.05) is 32.0 Å². The molecule has 0 aliphatic carbocycles. The van der Waals surface area contributed by atoms with Crippen LogP contribution in [0.3, 0.4) is 0 Å². The molecule has 3 aromatic carbocycles. The third-order valence-corrected chi connectivity index (χ3v) is 5.27. The van der Waals surface area contributed by atoms with Crippen molar-refractivity contribution in [1.82, 2.24) is 0 Å². The van der Waals surface area contributed by atoms with Crippen molar-refractivity contribution in [3.8, 4) is 11.5 Å². The Morgan fingerprint density at radius 2 is 1.41 bits per heavy atom. The zero-order valence-corrected chi connectivity index (χ0v) is 18.4. The third kappa shape index (κ3) is 3.95. The van der Waals surface area contributed by atoms with Crippen LogP contribution in [0.1, 0.15) is 16.7 Å². The third-order valence-electron chi connectivity index (χ3n) is 5.27. The average Bonchev–Trinajstić information content (AvgIpc) is 3.02. The molecule has 0 saturated carbocycles. The standard InChI is InChI=1S/C26H24N2O4/c1-16-12-17(2)14-19(13-16)27-24-23(18-8-10-21(31-3)11-9-18)25(29)28(26(24)30)20-6-5-7-22(15-20)32-4/h5-15,27H,1-4H3. The molecule has 4 rings (SSSR count). The second-order valence-electron chi connectivity index (χ2n) is 7.63. The number of amides is 2. The Morgan fingerprint density at radius 3 is 2.03 bits per heavy atom. The van der Waals surface area contributed by atoms with Gasteiger partial charge in [0, 0.05) is 11.8 Å². The number of rotatable bonds is 6. The number of nitrogens with one attached hydrogen (secondary N) is 1. The van der Waals surface area contributed by atoms with E-state index in [1.54, 1.807) is 62.8 Å². The molecule has 0 aromatic heterocycles. The Hall–Kier alpha value is -4.06. The summed E-state index contributed by atoms with van der Waals surface area (Å²) in [5.74, 6) is 0.401. The van der Waals surface area contributed by atoms with Crippen molar-refractivity contribution >= 4 is 28.8 Å². The molecule has 0 atom stereocenters. The molecular formula is C26H24N2O4. The van der Waals surface area contributed by atoms with Gasteiger partial charge in [-0.1, -0.05) is 24.3 Å². The number of carbonyl (C=O) groups is 2. The quantitative estimate of drug-likeness (QED) is 0.576. The number of hydrogen-bond acceptors (Lipinski definition) is 5. The molecule has 0 bridgehead atoms. The molecule has 6 nitrogen and oxygen atoms in total. The summed E-state index contributed by atoms with van der Waals surface area (Å²) in [6.07, 6.45) is 0. The maximum atomic E-state index is 13.5. The van der Waals surface area contributed by atoms with Gasteiger partial charge in [0.25, 0.3) is 11.8 Å². The van der Waals surface area contributed by atoms with Gasteiger partial charge in [0.1, 0.15) is 17.2 Å². The number of benzene rings is 3. The predicted molar refractivity (Wildman–Crippen MR) is 125 cm³/mol. The van der Waals surface area contributed by atoms with Crippen LogP contribution >= 0.6 is 0 Å². The number of hydrogen-bond donors (Lipinski definition) is 1. The van der Waals surface area contributed by atoms with Crippen molar-refractivity contribution in [3.05, 3.63) is 89.1 Å². The van der Waals surface area contributed by atoms with Crippen LogP contribution < -0.4 is 19.7 Å². The molecule has 0 radical (unpaired) electrons. The van der Waals surface area contributed by atoms with Gasteiger partial charge >= 0.3 is 0 Å². The zero-order valence-electron chi connectivity index (χ0n) is 18.4. The first-order chi connectivity index (χ1) is 15.4.